The Morgan fingerprint density at radius 1 is 1.55 bits per heavy atom. The Labute approximate surface area is 72.2 Å². The van der Waals surface area contributed by atoms with Gasteiger partial charge < -0.3 is 5.32 Å². The maximum atomic E-state index is 4.17. The van der Waals surface area contributed by atoms with E-state index in [9.17, 15) is 0 Å². The van der Waals surface area contributed by atoms with Crippen LogP contribution in [0.25, 0.3) is 0 Å². The lowest BCUT2D eigenvalue weighted by Crippen LogP contribution is -2.13. The highest BCUT2D eigenvalue weighted by Gasteiger charge is 2.15. The molecule has 0 unspecified atom stereocenters. The van der Waals surface area contributed by atoms with Crippen molar-refractivity contribution in [3.05, 3.63) is 18.5 Å². The van der Waals surface area contributed by atoms with Gasteiger partial charge in [0.25, 0.3) is 0 Å². The van der Waals surface area contributed by atoms with E-state index in [-0.39, 0.29) is 12.4 Å². The smallest absolute Gasteiger partial charge is 0.0655 e. The molecule has 0 amide bonds. The molecule has 4 heteroatoms. The van der Waals surface area contributed by atoms with Crippen LogP contribution in [0, 0.1) is 0 Å². The Morgan fingerprint density at radius 3 is 3.00 bits per heavy atom. The summed E-state index contributed by atoms with van der Waals surface area (Å²) in [6.07, 6.45) is 5.07. The summed E-state index contributed by atoms with van der Waals surface area (Å²) in [5.41, 5.74) is 0. The molecule has 0 bridgehead atoms. The molecule has 0 radical (unpaired) electrons. The second kappa shape index (κ2) is 3.74. The summed E-state index contributed by atoms with van der Waals surface area (Å²) in [6, 6.07) is 2.56. The van der Waals surface area contributed by atoms with E-state index < -0.39 is 0 Å². The minimum Gasteiger partial charge on any atom is -0.315 e. The Morgan fingerprint density at radius 2 is 2.45 bits per heavy atom. The second-order valence-electron chi connectivity index (χ2n) is 2.63. The number of halogens is 1. The molecular weight excluding hydrogens is 162 g/mol. The molecule has 0 saturated carbocycles. The monoisotopic (exact) mass is 173 g/mol. The molecule has 1 aromatic heterocycles. The van der Waals surface area contributed by atoms with Gasteiger partial charge in [-0.1, -0.05) is 0 Å². The number of hydrogen-bond donors (Lipinski definition) is 1. The molecule has 0 spiro atoms. The first kappa shape index (κ1) is 8.56. The van der Waals surface area contributed by atoms with Crippen LogP contribution in [-0.4, -0.2) is 22.9 Å². The van der Waals surface area contributed by atoms with E-state index in [0.717, 1.165) is 13.1 Å². The van der Waals surface area contributed by atoms with Crippen LogP contribution in [0.5, 0.6) is 0 Å². The molecule has 0 aromatic carbocycles. The van der Waals surface area contributed by atoms with E-state index in [4.69, 9.17) is 0 Å². The van der Waals surface area contributed by atoms with Crippen LogP contribution in [0.3, 0.4) is 0 Å². The molecule has 11 heavy (non-hydrogen) atoms. The maximum Gasteiger partial charge on any atom is 0.0655 e. The van der Waals surface area contributed by atoms with Crippen molar-refractivity contribution in [2.75, 3.05) is 13.1 Å². The minimum absolute atomic E-state index is 0. The third-order valence-electron chi connectivity index (χ3n) is 1.93. The fourth-order valence-electron chi connectivity index (χ4n) is 1.36. The second-order valence-corrected chi connectivity index (χ2v) is 2.63. The summed E-state index contributed by atoms with van der Waals surface area (Å²) in [6.45, 7) is 2.20. The molecule has 3 nitrogen and oxygen atoms in total. The van der Waals surface area contributed by atoms with Crippen molar-refractivity contribution in [1.29, 1.82) is 0 Å². The molecule has 1 aliphatic heterocycles. The summed E-state index contributed by atoms with van der Waals surface area (Å²) in [5, 5.41) is 7.47. The fraction of sp³-hybridized carbons (Fsp3) is 0.571. The predicted molar refractivity (Wildman–Crippen MR) is 46.0 cm³/mol. The van der Waals surface area contributed by atoms with E-state index in [1.54, 1.807) is 0 Å². The van der Waals surface area contributed by atoms with Crippen LogP contribution in [0.15, 0.2) is 18.5 Å². The lowest BCUT2D eigenvalue weighted by atomic mass is 10.3. The minimum atomic E-state index is 0. The number of aromatic nitrogens is 2. The van der Waals surface area contributed by atoms with Gasteiger partial charge in [-0.25, -0.2) is 0 Å². The van der Waals surface area contributed by atoms with Crippen molar-refractivity contribution in [3.63, 3.8) is 0 Å². The highest BCUT2D eigenvalue weighted by atomic mass is 35.5. The molecule has 1 aliphatic rings. The summed E-state index contributed by atoms with van der Waals surface area (Å²) in [4.78, 5) is 0. The maximum absolute atomic E-state index is 4.17. The molecule has 0 aliphatic carbocycles. The van der Waals surface area contributed by atoms with E-state index in [2.05, 4.69) is 10.4 Å². The number of hydrogen-bond acceptors (Lipinski definition) is 2. The van der Waals surface area contributed by atoms with Crippen LogP contribution in [0.4, 0.5) is 0 Å². The topological polar surface area (TPSA) is 29.9 Å². The summed E-state index contributed by atoms with van der Waals surface area (Å²) in [5.74, 6) is 0. The number of rotatable bonds is 1. The molecular formula is C7H12ClN3. The van der Waals surface area contributed by atoms with Crippen LogP contribution < -0.4 is 5.32 Å². The third kappa shape index (κ3) is 1.73. The Bertz CT molecular complexity index is 191. The van der Waals surface area contributed by atoms with Crippen molar-refractivity contribution in [1.82, 2.24) is 15.1 Å². The number of nitrogens with one attached hydrogen (secondary N) is 1. The molecule has 2 heterocycles. The summed E-state index contributed by atoms with van der Waals surface area (Å²) in [7, 11) is 0. The van der Waals surface area contributed by atoms with Gasteiger partial charge in [-0.3, -0.25) is 4.68 Å². The largest absolute Gasteiger partial charge is 0.315 e. The van der Waals surface area contributed by atoms with Crippen molar-refractivity contribution in [3.8, 4) is 0 Å². The highest BCUT2D eigenvalue weighted by Crippen LogP contribution is 2.12. The normalized spacial score (nSPS) is 23.1. The van der Waals surface area contributed by atoms with E-state index in [1.165, 1.54) is 6.42 Å². The molecule has 1 fully saturated rings. The van der Waals surface area contributed by atoms with Crippen molar-refractivity contribution < 1.29 is 0 Å². The average Bonchev–Trinajstić information content (AvgIpc) is 2.59. The fourth-order valence-corrected chi connectivity index (χ4v) is 1.36. The zero-order chi connectivity index (χ0) is 6.81. The van der Waals surface area contributed by atoms with E-state index >= 15 is 0 Å². The Balaban J connectivity index is 0.000000605. The zero-order valence-corrected chi connectivity index (χ0v) is 7.05. The van der Waals surface area contributed by atoms with Gasteiger partial charge in [0.1, 0.15) is 0 Å². The zero-order valence-electron chi connectivity index (χ0n) is 6.23. The predicted octanol–water partition coefficient (Wildman–Crippen LogP) is 0.839. The van der Waals surface area contributed by atoms with Crippen molar-refractivity contribution in [2.24, 2.45) is 0 Å². The van der Waals surface area contributed by atoms with Gasteiger partial charge in [0.2, 0.25) is 0 Å². The van der Waals surface area contributed by atoms with Gasteiger partial charge in [0.05, 0.1) is 6.04 Å². The van der Waals surface area contributed by atoms with Crippen molar-refractivity contribution >= 4 is 12.4 Å². The van der Waals surface area contributed by atoms with Gasteiger partial charge in [0.15, 0.2) is 0 Å². The average molecular weight is 174 g/mol. The van der Waals surface area contributed by atoms with Gasteiger partial charge in [0, 0.05) is 18.9 Å². The first-order valence-electron chi connectivity index (χ1n) is 3.66. The molecule has 2 rings (SSSR count). The van der Waals surface area contributed by atoms with Gasteiger partial charge >= 0.3 is 0 Å². The summed E-state index contributed by atoms with van der Waals surface area (Å²) >= 11 is 0. The molecule has 1 saturated heterocycles. The van der Waals surface area contributed by atoms with Crippen LogP contribution in [-0.2, 0) is 0 Å². The highest BCUT2D eigenvalue weighted by molar-refractivity contribution is 5.85. The molecule has 1 atom stereocenters. The molecule has 1 aromatic rings. The summed E-state index contributed by atoms with van der Waals surface area (Å²) < 4.78 is 2.03. The van der Waals surface area contributed by atoms with E-state index in [1.807, 2.05) is 23.1 Å². The molecule has 1 N–H and O–H groups in total. The third-order valence-corrected chi connectivity index (χ3v) is 1.93. The van der Waals surface area contributed by atoms with Crippen molar-refractivity contribution in [2.45, 2.75) is 12.5 Å². The van der Waals surface area contributed by atoms with Gasteiger partial charge in [-0.05, 0) is 19.0 Å². The van der Waals surface area contributed by atoms with Crippen LogP contribution in [0.1, 0.15) is 12.5 Å². The molecule has 62 valence electrons. The van der Waals surface area contributed by atoms with Crippen LogP contribution in [0.2, 0.25) is 0 Å². The quantitative estimate of drug-likeness (QED) is 0.682. The lowest BCUT2D eigenvalue weighted by molar-refractivity contribution is 0.491. The lowest BCUT2D eigenvalue weighted by Gasteiger charge is -2.06. The first-order chi connectivity index (χ1) is 4.97. The first-order valence-corrected chi connectivity index (χ1v) is 3.66. The Kier molecular flexibility index (Phi) is 2.91. The van der Waals surface area contributed by atoms with E-state index in [0.29, 0.717) is 6.04 Å². The standard InChI is InChI=1S/C7H11N3.ClH/c1-3-9-10(5-1)7-2-4-8-6-7;/h1,3,5,7-8H,2,4,6H2;1H/t7-;/m0./s1. The van der Waals surface area contributed by atoms with Crippen LogP contribution >= 0.6 is 12.4 Å². The Hall–Kier alpha value is -0.540. The SMILES string of the molecule is Cl.c1cnn([C@H]2CCNC2)c1. The van der Waals surface area contributed by atoms with Gasteiger partial charge in [-0.15, -0.1) is 12.4 Å². The number of nitrogens with zero attached hydrogens (tertiary/aromatic N) is 2. The van der Waals surface area contributed by atoms with Gasteiger partial charge in [-0.2, -0.15) is 5.10 Å².